The number of imidazole rings is 1. The fraction of sp³-hybridized carbons (Fsp3) is 0.250. The van der Waals surface area contributed by atoms with E-state index in [2.05, 4.69) is 20.7 Å². The molecular weight excluding hydrogens is 345 g/mol. The van der Waals surface area contributed by atoms with Crippen molar-refractivity contribution in [2.45, 2.75) is 19.4 Å². The molecule has 130 valence electrons. The molecule has 0 fully saturated rings. The first-order valence-corrected chi connectivity index (χ1v) is 8.53. The lowest BCUT2D eigenvalue weighted by Gasteiger charge is -2.11. The molecule has 0 unspecified atom stereocenters. The minimum atomic E-state index is -0.403. The Hall–Kier alpha value is -2.81. The molecule has 9 heteroatoms. The normalized spacial score (nSPS) is 12.1. The van der Waals surface area contributed by atoms with Gasteiger partial charge in [0.25, 0.3) is 5.91 Å². The summed E-state index contributed by atoms with van der Waals surface area (Å²) in [6.07, 6.45) is 1.91. The maximum Gasteiger partial charge on any atom is 0.251 e. The molecule has 0 aliphatic rings. The van der Waals surface area contributed by atoms with E-state index in [9.17, 15) is 14.0 Å². The maximum absolute atomic E-state index is 12.8. The van der Waals surface area contributed by atoms with E-state index in [4.69, 9.17) is 0 Å². The van der Waals surface area contributed by atoms with E-state index in [1.165, 1.54) is 35.6 Å². The molecule has 25 heavy (non-hydrogen) atoms. The van der Waals surface area contributed by atoms with Gasteiger partial charge >= 0.3 is 0 Å². The minimum absolute atomic E-state index is 0.137. The van der Waals surface area contributed by atoms with Crippen molar-refractivity contribution in [1.82, 2.24) is 25.2 Å². The Labute approximate surface area is 146 Å². The van der Waals surface area contributed by atoms with Gasteiger partial charge < -0.3 is 10.6 Å². The van der Waals surface area contributed by atoms with Gasteiger partial charge in [-0.15, -0.1) is 0 Å². The number of hydrogen-bond acceptors (Lipinski definition) is 5. The summed E-state index contributed by atoms with van der Waals surface area (Å²) in [7, 11) is 0. The zero-order valence-electron chi connectivity index (χ0n) is 13.4. The molecule has 0 aliphatic heterocycles. The van der Waals surface area contributed by atoms with Gasteiger partial charge in [-0.05, 0) is 31.2 Å². The van der Waals surface area contributed by atoms with Crippen LogP contribution in [0.5, 0.6) is 0 Å². The Morgan fingerprint density at radius 2 is 2.08 bits per heavy atom. The van der Waals surface area contributed by atoms with Crippen LogP contribution in [-0.2, 0) is 4.79 Å². The first kappa shape index (κ1) is 17.0. The van der Waals surface area contributed by atoms with Crippen LogP contribution in [0.25, 0.3) is 4.96 Å². The van der Waals surface area contributed by atoms with Crippen LogP contribution in [0.3, 0.4) is 0 Å². The highest BCUT2D eigenvalue weighted by Crippen LogP contribution is 2.15. The monoisotopic (exact) mass is 361 g/mol. The van der Waals surface area contributed by atoms with Crippen molar-refractivity contribution in [3.8, 4) is 0 Å². The Kier molecular flexibility index (Phi) is 5.03. The Balaban J connectivity index is 1.45. The van der Waals surface area contributed by atoms with Crippen molar-refractivity contribution in [2.24, 2.45) is 0 Å². The molecule has 1 aromatic carbocycles. The third-order valence-corrected chi connectivity index (χ3v) is 4.26. The van der Waals surface area contributed by atoms with E-state index >= 15 is 0 Å². The molecule has 2 N–H and O–H groups in total. The van der Waals surface area contributed by atoms with Gasteiger partial charge in [-0.2, -0.15) is 5.10 Å². The molecule has 1 atom stereocenters. The van der Waals surface area contributed by atoms with Crippen LogP contribution in [0.4, 0.5) is 4.39 Å². The predicted molar refractivity (Wildman–Crippen MR) is 90.8 cm³/mol. The largest absolute Gasteiger partial charge is 0.352 e. The van der Waals surface area contributed by atoms with Crippen LogP contribution >= 0.6 is 11.3 Å². The van der Waals surface area contributed by atoms with E-state index in [0.29, 0.717) is 5.56 Å². The van der Waals surface area contributed by atoms with Crippen molar-refractivity contribution in [3.05, 3.63) is 53.0 Å². The average Bonchev–Trinajstić information content (AvgIpc) is 3.17. The predicted octanol–water partition coefficient (Wildman–Crippen LogP) is 1.93. The smallest absolute Gasteiger partial charge is 0.251 e. The van der Waals surface area contributed by atoms with Crippen molar-refractivity contribution in [2.75, 3.05) is 6.54 Å². The van der Waals surface area contributed by atoms with Gasteiger partial charge in [0.1, 0.15) is 11.3 Å². The number of benzene rings is 1. The van der Waals surface area contributed by atoms with Crippen molar-refractivity contribution < 1.29 is 14.0 Å². The number of rotatable bonds is 6. The van der Waals surface area contributed by atoms with E-state index in [1.54, 1.807) is 16.2 Å². The topological polar surface area (TPSA) is 88.4 Å². The molecule has 0 saturated heterocycles. The molecule has 0 saturated carbocycles. The number of aromatic nitrogens is 3. The molecule has 3 rings (SSSR count). The summed E-state index contributed by atoms with van der Waals surface area (Å²) in [5.74, 6) is -0.947. The molecule has 2 aromatic heterocycles. The first-order valence-electron chi connectivity index (χ1n) is 7.65. The summed E-state index contributed by atoms with van der Waals surface area (Å²) in [4.78, 5) is 29.0. The quantitative estimate of drug-likeness (QED) is 0.702. The van der Waals surface area contributed by atoms with Crippen LogP contribution < -0.4 is 10.6 Å². The first-order chi connectivity index (χ1) is 12.0. The lowest BCUT2D eigenvalue weighted by Crippen LogP contribution is -2.32. The summed E-state index contributed by atoms with van der Waals surface area (Å²) >= 11 is 1.42. The molecule has 0 radical (unpaired) electrons. The average molecular weight is 361 g/mol. The van der Waals surface area contributed by atoms with Crippen LogP contribution in [0, 0.1) is 5.82 Å². The summed E-state index contributed by atoms with van der Waals surface area (Å²) < 4.78 is 14.5. The summed E-state index contributed by atoms with van der Waals surface area (Å²) in [6, 6.07) is 4.97. The SMILES string of the molecule is C[C@@H](NC(=O)CCNC(=O)c1ccc(F)cc1)c1cn2ncsc2n1. The summed E-state index contributed by atoms with van der Waals surface area (Å²) in [6.45, 7) is 2.02. The molecule has 0 spiro atoms. The highest BCUT2D eigenvalue weighted by molar-refractivity contribution is 7.14. The molecule has 2 heterocycles. The van der Waals surface area contributed by atoms with E-state index < -0.39 is 5.82 Å². The third kappa shape index (κ3) is 4.18. The number of amides is 2. The standard InChI is InChI=1S/C16H16FN5O2S/c1-10(13-8-22-16(21-13)25-9-19-22)20-14(23)6-7-18-15(24)11-2-4-12(17)5-3-11/h2-5,8-10H,6-7H2,1H3,(H,18,24)(H,20,23)/t10-/m1/s1. The second-order valence-electron chi connectivity index (χ2n) is 5.43. The van der Waals surface area contributed by atoms with E-state index in [-0.39, 0.29) is 30.8 Å². The highest BCUT2D eigenvalue weighted by atomic mass is 32.1. The van der Waals surface area contributed by atoms with Gasteiger partial charge in [0.2, 0.25) is 10.9 Å². The van der Waals surface area contributed by atoms with Crippen molar-refractivity contribution in [3.63, 3.8) is 0 Å². The Bertz CT molecular complexity index is 861. The number of nitrogens with zero attached hydrogens (tertiary/aromatic N) is 3. The number of halogens is 1. The summed E-state index contributed by atoms with van der Waals surface area (Å²) in [5.41, 5.74) is 2.77. The van der Waals surface area contributed by atoms with Gasteiger partial charge in [0.05, 0.1) is 17.9 Å². The van der Waals surface area contributed by atoms with Crippen LogP contribution in [0.15, 0.2) is 36.0 Å². The number of hydrogen-bond donors (Lipinski definition) is 2. The van der Waals surface area contributed by atoms with Crippen molar-refractivity contribution >= 4 is 28.1 Å². The third-order valence-electron chi connectivity index (χ3n) is 3.57. The van der Waals surface area contributed by atoms with E-state index in [0.717, 1.165) is 10.7 Å². The molecule has 2 amide bonds. The number of fused-ring (bicyclic) bond motifs is 1. The number of nitrogens with one attached hydrogen (secondary N) is 2. The van der Waals surface area contributed by atoms with Crippen LogP contribution in [-0.4, -0.2) is 33.0 Å². The number of carbonyl (C=O) groups excluding carboxylic acids is 2. The van der Waals surface area contributed by atoms with Gasteiger partial charge in [0, 0.05) is 18.5 Å². The van der Waals surface area contributed by atoms with Crippen molar-refractivity contribution in [1.29, 1.82) is 0 Å². The molecule has 0 bridgehead atoms. The zero-order valence-corrected chi connectivity index (χ0v) is 14.2. The second-order valence-corrected chi connectivity index (χ2v) is 6.25. The zero-order chi connectivity index (χ0) is 17.8. The molecule has 7 nitrogen and oxygen atoms in total. The molecular formula is C16H16FN5O2S. The Morgan fingerprint density at radius 3 is 2.80 bits per heavy atom. The lowest BCUT2D eigenvalue weighted by molar-refractivity contribution is -0.121. The minimum Gasteiger partial charge on any atom is -0.352 e. The van der Waals surface area contributed by atoms with Gasteiger partial charge in [-0.3, -0.25) is 9.59 Å². The van der Waals surface area contributed by atoms with Gasteiger partial charge in [0.15, 0.2) is 0 Å². The van der Waals surface area contributed by atoms with Crippen LogP contribution in [0.2, 0.25) is 0 Å². The molecule has 0 aliphatic carbocycles. The molecule has 3 aromatic rings. The van der Waals surface area contributed by atoms with E-state index in [1.807, 2.05) is 6.92 Å². The number of carbonyl (C=O) groups is 2. The summed E-state index contributed by atoms with van der Waals surface area (Å²) in [5, 5.41) is 9.55. The fourth-order valence-corrected chi connectivity index (χ4v) is 2.85. The lowest BCUT2D eigenvalue weighted by atomic mass is 10.2. The second kappa shape index (κ2) is 7.39. The van der Waals surface area contributed by atoms with Crippen LogP contribution in [0.1, 0.15) is 35.4 Å². The Morgan fingerprint density at radius 1 is 1.32 bits per heavy atom. The maximum atomic E-state index is 12.8. The van der Waals surface area contributed by atoms with Gasteiger partial charge in [-0.1, -0.05) is 11.3 Å². The highest BCUT2D eigenvalue weighted by Gasteiger charge is 2.14. The van der Waals surface area contributed by atoms with Gasteiger partial charge in [-0.25, -0.2) is 13.9 Å². The fourth-order valence-electron chi connectivity index (χ4n) is 2.24.